The summed E-state index contributed by atoms with van der Waals surface area (Å²) in [5, 5.41) is 12.3. The van der Waals surface area contributed by atoms with Gasteiger partial charge in [-0.2, -0.15) is 10.4 Å². The zero-order valence-electron chi connectivity index (χ0n) is 16.4. The van der Waals surface area contributed by atoms with Gasteiger partial charge in [-0.3, -0.25) is 9.10 Å². The third-order valence-electron chi connectivity index (χ3n) is 4.12. The fourth-order valence-corrected chi connectivity index (χ4v) is 3.40. The Bertz CT molecular complexity index is 1040. The molecule has 0 bridgehead atoms. The summed E-state index contributed by atoms with van der Waals surface area (Å²) in [5.74, 6) is -0.0217. The van der Waals surface area contributed by atoms with Gasteiger partial charge in [-0.15, -0.1) is 0 Å². The first kappa shape index (κ1) is 21.9. The average molecular weight is 414 g/mol. The molecule has 0 saturated carbocycles. The normalized spacial score (nSPS) is 11.1. The van der Waals surface area contributed by atoms with Crippen molar-refractivity contribution in [2.24, 2.45) is 5.10 Å². The van der Waals surface area contributed by atoms with Gasteiger partial charge in [-0.25, -0.2) is 13.8 Å². The lowest BCUT2D eigenvalue weighted by Gasteiger charge is -2.23. The number of sulfonamides is 1. The maximum atomic E-state index is 12.3. The molecule has 1 amide bonds. The van der Waals surface area contributed by atoms with Crippen molar-refractivity contribution in [1.82, 2.24) is 5.43 Å². The van der Waals surface area contributed by atoms with E-state index in [0.717, 1.165) is 21.7 Å². The third-order valence-corrected chi connectivity index (χ3v) is 5.25. The van der Waals surface area contributed by atoms with Crippen LogP contribution >= 0.6 is 0 Å². The minimum Gasteiger partial charge on any atom is -0.479 e. The van der Waals surface area contributed by atoms with Crippen LogP contribution in [0.25, 0.3) is 0 Å². The average Bonchev–Trinajstić information content (AvgIpc) is 2.67. The highest BCUT2D eigenvalue weighted by molar-refractivity contribution is 7.92. The summed E-state index contributed by atoms with van der Waals surface area (Å²) in [6.07, 6.45) is 2.48. The number of nitrogens with zero attached hydrogens (tertiary/aromatic N) is 3. The fraction of sp³-hybridized carbons (Fsp3) is 0.250. The Morgan fingerprint density at radius 2 is 1.93 bits per heavy atom. The molecule has 0 atom stereocenters. The molecule has 0 unspecified atom stereocenters. The second-order valence-electron chi connectivity index (χ2n) is 6.30. The monoisotopic (exact) mass is 414 g/mol. The number of nitrogens with one attached hydrogen (secondary N) is 1. The van der Waals surface area contributed by atoms with Gasteiger partial charge in [0.1, 0.15) is 18.4 Å². The van der Waals surface area contributed by atoms with E-state index in [2.05, 4.69) is 10.5 Å². The standard InChI is InChI=1S/C20H22N4O4S/c1-15-5-4-6-19(16(15)2)24(29(3,26)27)14-20(25)23-22-13-17-7-9-18(10-8-17)28-12-11-21/h4-10,13H,12,14H2,1-3H3,(H,23,25)/b22-13-. The highest BCUT2D eigenvalue weighted by Gasteiger charge is 2.22. The second-order valence-corrected chi connectivity index (χ2v) is 8.20. The van der Waals surface area contributed by atoms with Gasteiger partial charge in [-0.05, 0) is 60.9 Å². The number of hydrazone groups is 1. The van der Waals surface area contributed by atoms with Gasteiger partial charge in [0, 0.05) is 0 Å². The number of benzene rings is 2. The van der Waals surface area contributed by atoms with Crippen LogP contribution in [-0.2, 0) is 14.8 Å². The van der Waals surface area contributed by atoms with E-state index < -0.39 is 15.9 Å². The molecule has 0 radical (unpaired) electrons. The lowest BCUT2D eigenvalue weighted by atomic mass is 10.1. The summed E-state index contributed by atoms with van der Waals surface area (Å²) < 4.78 is 30.6. The van der Waals surface area contributed by atoms with E-state index in [0.29, 0.717) is 17.0 Å². The van der Waals surface area contributed by atoms with Crippen LogP contribution in [0.2, 0.25) is 0 Å². The fourth-order valence-electron chi connectivity index (χ4n) is 2.50. The predicted octanol–water partition coefficient (Wildman–Crippen LogP) is 2.12. The summed E-state index contributed by atoms with van der Waals surface area (Å²) in [6.45, 7) is 3.26. The van der Waals surface area contributed by atoms with E-state index >= 15 is 0 Å². The predicted molar refractivity (Wildman–Crippen MR) is 111 cm³/mol. The molecule has 9 heteroatoms. The van der Waals surface area contributed by atoms with Crippen LogP contribution in [0.15, 0.2) is 47.6 Å². The highest BCUT2D eigenvalue weighted by Crippen LogP contribution is 2.24. The van der Waals surface area contributed by atoms with Gasteiger partial charge in [0.05, 0.1) is 18.2 Å². The molecule has 152 valence electrons. The first-order valence-corrected chi connectivity index (χ1v) is 10.5. The van der Waals surface area contributed by atoms with E-state index in [1.165, 1.54) is 6.21 Å². The molecule has 2 rings (SSSR count). The largest absolute Gasteiger partial charge is 0.479 e. The zero-order chi connectivity index (χ0) is 21.4. The molecule has 0 fully saturated rings. The Labute approximate surface area is 170 Å². The highest BCUT2D eigenvalue weighted by atomic mass is 32.2. The number of amides is 1. The number of carbonyl (C=O) groups excluding carboxylic acids is 1. The number of carbonyl (C=O) groups is 1. The van der Waals surface area contributed by atoms with Gasteiger partial charge < -0.3 is 4.74 Å². The van der Waals surface area contributed by atoms with Crippen LogP contribution in [0.4, 0.5) is 5.69 Å². The molecule has 0 aliphatic carbocycles. The minimum atomic E-state index is -3.66. The lowest BCUT2D eigenvalue weighted by Crippen LogP contribution is -2.39. The molecule has 1 N–H and O–H groups in total. The van der Waals surface area contributed by atoms with Crippen molar-refractivity contribution >= 4 is 27.8 Å². The number of hydrogen-bond acceptors (Lipinski definition) is 6. The molecule has 2 aromatic carbocycles. The summed E-state index contributed by atoms with van der Waals surface area (Å²) >= 11 is 0. The van der Waals surface area contributed by atoms with Crippen molar-refractivity contribution < 1.29 is 17.9 Å². The molecule has 2 aromatic rings. The number of nitriles is 1. The Hall–Kier alpha value is -3.38. The van der Waals surface area contributed by atoms with Crippen molar-refractivity contribution in [2.45, 2.75) is 13.8 Å². The van der Waals surface area contributed by atoms with Crippen molar-refractivity contribution in [3.8, 4) is 11.8 Å². The Morgan fingerprint density at radius 1 is 1.24 bits per heavy atom. The summed E-state index contributed by atoms with van der Waals surface area (Å²) in [4.78, 5) is 12.3. The number of ether oxygens (including phenoxy) is 1. The van der Waals surface area contributed by atoms with Gasteiger partial charge in [0.25, 0.3) is 5.91 Å². The topological polar surface area (TPSA) is 112 Å². The summed E-state index contributed by atoms with van der Waals surface area (Å²) in [6, 6.07) is 13.9. The first-order chi connectivity index (χ1) is 13.7. The SMILES string of the molecule is Cc1cccc(N(CC(=O)N/N=C\c2ccc(OCC#N)cc2)S(C)(=O)=O)c1C. The lowest BCUT2D eigenvalue weighted by molar-refractivity contribution is -0.119. The molecule has 8 nitrogen and oxygen atoms in total. The van der Waals surface area contributed by atoms with Gasteiger partial charge in [-0.1, -0.05) is 12.1 Å². The molecular weight excluding hydrogens is 392 g/mol. The number of aryl methyl sites for hydroxylation is 1. The first-order valence-electron chi connectivity index (χ1n) is 8.68. The van der Waals surface area contributed by atoms with Crippen LogP contribution in [0.3, 0.4) is 0 Å². The quantitative estimate of drug-likeness (QED) is 0.525. The number of rotatable bonds is 8. The third kappa shape index (κ3) is 6.33. The van der Waals surface area contributed by atoms with Gasteiger partial charge in [0.15, 0.2) is 6.61 Å². The van der Waals surface area contributed by atoms with Crippen LogP contribution in [0, 0.1) is 25.2 Å². The minimum absolute atomic E-state index is 0.0409. The maximum Gasteiger partial charge on any atom is 0.260 e. The molecule has 0 saturated heterocycles. The van der Waals surface area contributed by atoms with E-state index in [1.54, 1.807) is 36.4 Å². The van der Waals surface area contributed by atoms with Gasteiger partial charge in [0.2, 0.25) is 10.0 Å². The number of hydrogen-bond donors (Lipinski definition) is 1. The smallest absolute Gasteiger partial charge is 0.260 e. The van der Waals surface area contributed by atoms with Crippen molar-refractivity contribution in [1.29, 1.82) is 5.26 Å². The van der Waals surface area contributed by atoms with Crippen molar-refractivity contribution in [3.05, 3.63) is 59.2 Å². The maximum absolute atomic E-state index is 12.3. The molecular formula is C20H22N4O4S. The van der Waals surface area contributed by atoms with Crippen LogP contribution < -0.4 is 14.5 Å². The molecule has 29 heavy (non-hydrogen) atoms. The van der Waals surface area contributed by atoms with E-state index in [-0.39, 0.29) is 13.2 Å². The zero-order valence-corrected chi connectivity index (χ0v) is 17.2. The molecule has 0 aromatic heterocycles. The van der Waals surface area contributed by atoms with Crippen LogP contribution in [0.5, 0.6) is 5.75 Å². The van der Waals surface area contributed by atoms with E-state index in [4.69, 9.17) is 10.00 Å². The Kier molecular flexibility index (Phi) is 7.33. The molecule has 0 heterocycles. The summed E-state index contributed by atoms with van der Waals surface area (Å²) in [5.41, 5.74) is 5.21. The Balaban J connectivity index is 2.04. The van der Waals surface area contributed by atoms with Gasteiger partial charge >= 0.3 is 0 Å². The van der Waals surface area contributed by atoms with Crippen molar-refractivity contribution in [2.75, 3.05) is 23.7 Å². The van der Waals surface area contributed by atoms with E-state index in [9.17, 15) is 13.2 Å². The molecule has 0 aliphatic rings. The second kappa shape index (κ2) is 9.71. The molecule has 0 spiro atoms. The number of anilines is 1. The van der Waals surface area contributed by atoms with Crippen LogP contribution in [-0.4, -0.2) is 39.9 Å². The molecule has 0 aliphatic heterocycles. The van der Waals surface area contributed by atoms with E-state index in [1.807, 2.05) is 26.0 Å². The Morgan fingerprint density at radius 3 is 2.55 bits per heavy atom. The summed E-state index contributed by atoms with van der Waals surface area (Å²) in [7, 11) is -3.66. The van der Waals surface area contributed by atoms with Crippen LogP contribution in [0.1, 0.15) is 16.7 Å². The van der Waals surface area contributed by atoms with Crippen molar-refractivity contribution in [3.63, 3.8) is 0 Å².